The molecule has 0 aliphatic rings. The minimum Gasteiger partial charge on any atom is -0.465 e. The number of anilines is 4. The van der Waals surface area contributed by atoms with Crippen molar-refractivity contribution in [1.29, 1.82) is 0 Å². The van der Waals surface area contributed by atoms with Crippen LogP contribution < -0.4 is 15.4 Å². The van der Waals surface area contributed by atoms with Crippen molar-refractivity contribution in [3.8, 4) is 0 Å². The van der Waals surface area contributed by atoms with E-state index in [-0.39, 0.29) is 4.90 Å². The van der Waals surface area contributed by atoms with Crippen molar-refractivity contribution in [3.63, 3.8) is 0 Å². The Labute approximate surface area is 187 Å². The van der Waals surface area contributed by atoms with Crippen LogP contribution in [0.15, 0.2) is 65.7 Å². The third-order valence-corrected chi connectivity index (χ3v) is 5.87. The third kappa shape index (κ3) is 6.25. The third-order valence-electron chi connectivity index (χ3n) is 4.10. The van der Waals surface area contributed by atoms with E-state index in [9.17, 15) is 13.2 Å². The van der Waals surface area contributed by atoms with Gasteiger partial charge in [0.1, 0.15) is 5.82 Å². The van der Waals surface area contributed by atoms with E-state index in [1.54, 1.807) is 69.4 Å². The molecule has 0 radical (unpaired) electrons. The van der Waals surface area contributed by atoms with Gasteiger partial charge in [-0.25, -0.2) is 22.9 Å². The summed E-state index contributed by atoms with van der Waals surface area (Å²) in [6.07, 6.45) is 1.59. The zero-order valence-corrected chi connectivity index (χ0v) is 19.0. The van der Waals surface area contributed by atoms with E-state index in [1.807, 2.05) is 0 Å². The number of carbonyl (C=O) groups excluding carboxylic acids is 1. The molecule has 0 unspecified atom stereocenters. The van der Waals surface area contributed by atoms with Gasteiger partial charge in [-0.2, -0.15) is 4.98 Å². The molecule has 0 spiro atoms. The molecule has 0 fully saturated rings. The van der Waals surface area contributed by atoms with Crippen LogP contribution in [-0.4, -0.2) is 37.0 Å². The number of carbonyl (C=O) groups is 1. The van der Waals surface area contributed by atoms with Gasteiger partial charge in [0.25, 0.3) is 0 Å². The van der Waals surface area contributed by atoms with Crippen LogP contribution in [0.5, 0.6) is 0 Å². The van der Waals surface area contributed by atoms with Crippen LogP contribution in [0, 0.1) is 0 Å². The van der Waals surface area contributed by atoms with E-state index in [0.717, 1.165) is 0 Å². The van der Waals surface area contributed by atoms with Crippen LogP contribution in [0.2, 0.25) is 0 Å². The smallest absolute Gasteiger partial charge is 0.337 e. The average Bonchev–Trinajstić information content (AvgIpc) is 2.73. The van der Waals surface area contributed by atoms with Crippen molar-refractivity contribution in [3.05, 3.63) is 66.4 Å². The maximum absolute atomic E-state index is 12.4. The minimum absolute atomic E-state index is 0.179. The highest BCUT2D eigenvalue weighted by Crippen LogP contribution is 2.20. The topological polar surface area (TPSA) is 122 Å². The van der Waals surface area contributed by atoms with Crippen LogP contribution in [0.4, 0.5) is 23.1 Å². The highest BCUT2D eigenvalue weighted by atomic mass is 32.2. The summed E-state index contributed by atoms with van der Waals surface area (Å²) < 4.78 is 32.2. The van der Waals surface area contributed by atoms with Gasteiger partial charge in [0.05, 0.1) is 17.6 Å². The van der Waals surface area contributed by atoms with Crippen LogP contribution in [0.1, 0.15) is 31.1 Å². The summed E-state index contributed by atoms with van der Waals surface area (Å²) in [4.78, 5) is 20.3. The van der Waals surface area contributed by atoms with Crippen LogP contribution >= 0.6 is 0 Å². The largest absolute Gasteiger partial charge is 0.465 e. The maximum atomic E-state index is 12.4. The fourth-order valence-corrected chi connectivity index (χ4v) is 4.17. The first-order valence-corrected chi connectivity index (χ1v) is 11.2. The summed E-state index contributed by atoms with van der Waals surface area (Å²) in [6, 6.07) is 14.8. The lowest BCUT2D eigenvalue weighted by atomic mass is 10.1. The first-order valence-electron chi connectivity index (χ1n) is 9.75. The summed E-state index contributed by atoms with van der Waals surface area (Å²) in [5.74, 6) is 0.471. The minimum atomic E-state index is -3.60. The molecule has 0 atom stereocenters. The highest BCUT2D eigenvalue weighted by Gasteiger charge is 2.21. The predicted molar refractivity (Wildman–Crippen MR) is 123 cm³/mol. The Morgan fingerprint density at radius 1 is 0.906 bits per heavy atom. The molecule has 0 saturated carbocycles. The van der Waals surface area contributed by atoms with E-state index in [0.29, 0.717) is 28.7 Å². The Kier molecular flexibility index (Phi) is 6.75. The van der Waals surface area contributed by atoms with E-state index < -0.39 is 21.5 Å². The molecule has 1 heterocycles. The molecule has 0 bridgehead atoms. The van der Waals surface area contributed by atoms with Gasteiger partial charge in [-0.3, -0.25) is 0 Å². The van der Waals surface area contributed by atoms with Gasteiger partial charge < -0.3 is 15.4 Å². The zero-order valence-electron chi connectivity index (χ0n) is 18.2. The van der Waals surface area contributed by atoms with Gasteiger partial charge in [-0.15, -0.1) is 0 Å². The van der Waals surface area contributed by atoms with Gasteiger partial charge in [-0.1, -0.05) is 0 Å². The van der Waals surface area contributed by atoms with E-state index in [1.165, 1.54) is 19.2 Å². The Balaban J connectivity index is 1.69. The number of esters is 1. The van der Waals surface area contributed by atoms with Gasteiger partial charge in [0.2, 0.25) is 16.0 Å². The molecular formula is C22H25N5O4S. The lowest BCUT2D eigenvalue weighted by Crippen LogP contribution is -2.40. The number of ether oxygens (including phenoxy) is 1. The van der Waals surface area contributed by atoms with Crippen LogP contribution in [0.3, 0.4) is 0 Å². The second-order valence-electron chi connectivity index (χ2n) is 7.96. The predicted octanol–water partition coefficient (Wildman–Crippen LogP) is 3.83. The fourth-order valence-electron chi connectivity index (χ4n) is 2.75. The van der Waals surface area contributed by atoms with Crippen molar-refractivity contribution in [2.75, 3.05) is 17.7 Å². The monoisotopic (exact) mass is 455 g/mol. The molecule has 10 heteroatoms. The number of benzene rings is 2. The summed E-state index contributed by atoms with van der Waals surface area (Å²) in [7, 11) is -2.27. The number of methoxy groups -OCH3 is 1. The molecule has 0 amide bonds. The normalized spacial score (nSPS) is 11.6. The van der Waals surface area contributed by atoms with Crippen LogP contribution in [-0.2, 0) is 14.8 Å². The van der Waals surface area contributed by atoms with Gasteiger partial charge in [0, 0.05) is 23.1 Å². The SMILES string of the molecule is COC(=O)c1ccc(Nc2nccc(Nc3ccc(S(=O)(=O)NC(C)(C)C)cc3)n2)cc1. The number of nitrogens with one attached hydrogen (secondary N) is 3. The molecule has 9 nitrogen and oxygen atoms in total. The van der Waals surface area contributed by atoms with Crippen molar-refractivity contribution in [1.82, 2.24) is 14.7 Å². The molecule has 32 heavy (non-hydrogen) atoms. The molecule has 168 valence electrons. The number of sulfonamides is 1. The summed E-state index contributed by atoms with van der Waals surface area (Å²) in [5.41, 5.74) is 1.25. The quantitative estimate of drug-likeness (QED) is 0.460. The van der Waals surface area contributed by atoms with Crippen LogP contribution in [0.25, 0.3) is 0 Å². The molecule has 0 aliphatic carbocycles. The molecular weight excluding hydrogens is 430 g/mol. The molecule has 2 aromatic carbocycles. The fraction of sp³-hybridized carbons (Fsp3) is 0.227. The highest BCUT2D eigenvalue weighted by molar-refractivity contribution is 7.89. The summed E-state index contributed by atoms with van der Waals surface area (Å²) >= 11 is 0. The van der Waals surface area contributed by atoms with Crippen molar-refractivity contribution < 1.29 is 17.9 Å². The second-order valence-corrected chi connectivity index (χ2v) is 9.65. The Morgan fingerprint density at radius 3 is 2.09 bits per heavy atom. The Bertz CT molecular complexity index is 1190. The number of hydrogen-bond acceptors (Lipinski definition) is 8. The Hall–Kier alpha value is -3.50. The van der Waals surface area contributed by atoms with Gasteiger partial charge in [-0.05, 0) is 75.4 Å². The number of nitrogens with zero attached hydrogens (tertiary/aromatic N) is 2. The lowest BCUT2D eigenvalue weighted by molar-refractivity contribution is 0.0600. The number of hydrogen-bond donors (Lipinski definition) is 3. The number of aromatic nitrogens is 2. The maximum Gasteiger partial charge on any atom is 0.337 e. The number of rotatable bonds is 7. The van der Waals surface area contributed by atoms with E-state index >= 15 is 0 Å². The lowest BCUT2D eigenvalue weighted by Gasteiger charge is -2.20. The van der Waals surface area contributed by atoms with Crippen molar-refractivity contribution >= 4 is 39.1 Å². The standard InChI is InChI=1S/C22H25N5O4S/c1-22(2,3)27-32(29,30)18-11-9-16(10-12-18)24-19-13-14-23-21(26-19)25-17-7-5-15(6-8-17)20(28)31-4/h5-14,27H,1-4H3,(H2,23,24,25,26). The Morgan fingerprint density at radius 2 is 1.50 bits per heavy atom. The summed E-state index contributed by atoms with van der Waals surface area (Å²) in [5, 5.41) is 6.18. The van der Waals surface area contributed by atoms with Crippen molar-refractivity contribution in [2.24, 2.45) is 0 Å². The van der Waals surface area contributed by atoms with E-state index in [2.05, 4.69) is 30.1 Å². The van der Waals surface area contributed by atoms with E-state index in [4.69, 9.17) is 0 Å². The molecule has 0 saturated heterocycles. The first kappa shape index (κ1) is 23.2. The summed E-state index contributed by atoms with van der Waals surface area (Å²) in [6.45, 7) is 5.36. The molecule has 3 N–H and O–H groups in total. The first-order chi connectivity index (χ1) is 15.1. The second kappa shape index (κ2) is 9.33. The van der Waals surface area contributed by atoms with Crippen molar-refractivity contribution in [2.45, 2.75) is 31.2 Å². The molecule has 3 rings (SSSR count). The van der Waals surface area contributed by atoms with Gasteiger partial charge in [0.15, 0.2) is 0 Å². The molecule has 1 aromatic heterocycles. The average molecular weight is 456 g/mol. The zero-order chi connectivity index (χ0) is 23.4. The van der Waals surface area contributed by atoms with Gasteiger partial charge >= 0.3 is 5.97 Å². The molecule has 3 aromatic rings. The molecule has 0 aliphatic heterocycles.